The van der Waals surface area contributed by atoms with Crippen molar-refractivity contribution in [2.45, 2.75) is 45.3 Å². The monoisotopic (exact) mass is 258 g/mol. The molecule has 2 nitrogen and oxygen atoms in total. The first-order valence-electron chi connectivity index (χ1n) is 6.64. The predicted molar refractivity (Wildman–Crippen MR) is 79.3 cm³/mol. The van der Waals surface area contributed by atoms with Crippen molar-refractivity contribution < 1.29 is 10.2 Å². The summed E-state index contributed by atoms with van der Waals surface area (Å²) in [6, 6.07) is 12.3. The number of hydrogen-bond acceptors (Lipinski definition) is 2. The molecule has 2 aromatic rings. The lowest BCUT2D eigenvalue weighted by atomic mass is 9.80. The highest BCUT2D eigenvalue weighted by molar-refractivity contribution is 5.86. The average molecular weight is 258 g/mol. The van der Waals surface area contributed by atoms with Gasteiger partial charge in [-0.2, -0.15) is 0 Å². The highest BCUT2D eigenvalue weighted by Gasteiger charge is 2.38. The van der Waals surface area contributed by atoms with Gasteiger partial charge >= 0.3 is 0 Å². The van der Waals surface area contributed by atoms with Gasteiger partial charge in [-0.05, 0) is 49.6 Å². The van der Waals surface area contributed by atoms with E-state index < -0.39 is 11.2 Å². The molecule has 2 aromatic carbocycles. The topological polar surface area (TPSA) is 40.5 Å². The van der Waals surface area contributed by atoms with Crippen LogP contribution in [0.15, 0.2) is 36.4 Å². The summed E-state index contributed by atoms with van der Waals surface area (Å²) >= 11 is 0. The fourth-order valence-electron chi connectivity index (χ4n) is 2.24. The van der Waals surface area contributed by atoms with E-state index in [0.717, 1.165) is 21.9 Å². The Morgan fingerprint density at radius 1 is 0.947 bits per heavy atom. The van der Waals surface area contributed by atoms with E-state index in [1.54, 1.807) is 20.8 Å². The number of aryl methyl sites for hydroxylation is 1. The molecule has 1 atom stereocenters. The maximum absolute atomic E-state index is 10.5. The van der Waals surface area contributed by atoms with E-state index in [1.165, 1.54) is 0 Å². The van der Waals surface area contributed by atoms with Crippen molar-refractivity contribution >= 4 is 10.8 Å². The van der Waals surface area contributed by atoms with Gasteiger partial charge in [-0.15, -0.1) is 0 Å². The molecule has 0 aliphatic rings. The SMILES string of the molecule is Cc1ccc2ccccc2c1CC(C)(O)C(C)(C)O. The standard InChI is InChI=1S/C17H22O2/c1-12-9-10-13-7-5-6-8-14(13)15(12)11-17(4,19)16(2,3)18/h5-10,18-19H,11H2,1-4H3. The number of rotatable bonds is 3. The minimum absolute atomic E-state index is 0.434. The smallest absolute Gasteiger partial charge is 0.0940 e. The molecule has 0 aromatic heterocycles. The van der Waals surface area contributed by atoms with Crippen LogP contribution in [0.25, 0.3) is 10.8 Å². The quantitative estimate of drug-likeness (QED) is 0.887. The summed E-state index contributed by atoms with van der Waals surface area (Å²) < 4.78 is 0. The molecule has 19 heavy (non-hydrogen) atoms. The third kappa shape index (κ3) is 2.65. The first-order chi connectivity index (χ1) is 8.72. The fourth-order valence-corrected chi connectivity index (χ4v) is 2.24. The second-order valence-electron chi connectivity index (χ2n) is 6.09. The Morgan fingerprint density at radius 3 is 2.21 bits per heavy atom. The minimum Gasteiger partial charge on any atom is -0.387 e. The molecule has 1 unspecified atom stereocenters. The molecule has 0 aliphatic carbocycles. The van der Waals surface area contributed by atoms with Crippen molar-refractivity contribution in [1.29, 1.82) is 0 Å². The first-order valence-corrected chi connectivity index (χ1v) is 6.64. The summed E-state index contributed by atoms with van der Waals surface area (Å²) in [5, 5.41) is 23.0. The second kappa shape index (κ2) is 4.62. The van der Waals surface area contributed by atoms with Crippen LogP contribution in [-0.4, -0.2) is 21.4 Å². The molecule has 0 aliphatic heterocycles. The fraction of sp³-hybridized carbons (Fsp3) is 0.412. The Kier molecular flexibility index (Phi) is 3.41. The van der Waals surface area contributed by atoms with Gasteiger partial charge in [-0.3, -0.25) is 0 Å². The molecule has 0 spiro atoms. The van der Waals surface area contributed by atoms with Crippen molar-refractivity contribution in [2.75, 3.05) is 0 Å². The summed E-state index contributed by atoms with van der Waals surface area (Å²) in [5.41, 5.74) is -0.0633. The summed E-state index contributed by atoms with van der Waals surface area (Å²) in [6.45, 7) is 7.03. The Bertz CT molecular complexity index is 592. The van der Waals surface area contributed by atoms with Crippen LogP contribution < -0.4 is 0 Å². The van der Waals surface area contributed by atoms with Crippen molar-refractivity contribution in [3.63, 3.8) is 0 Å². The predicted octanol–water partition coefficient (Wildman–Crippen LogP) is 3.21. The molecule has 0 saturated heterocycles. The molecule has 0 fully saturated rings. The lowest BCUT2D eigenvalue weighted by Gasteiger charge is -2.36. The molecular weight excluding hydrogens is 236 g/mol. The van der Waals surface area contributed by atoms with Gasteiger partial charge in [-0.25, -0.2) is 0 Å². The Balaban J connectivity index is 2.54. The first kappa shape index (κ1) is 14.0. The Hall–Kier alpha value is -1.38. The molecule has 0 bridgehead atoms. The van der Waals surface area contributed by atoms with Crippen LogP contribution in [0.5, 0.6) is 0 Å². The van der Waals surface area contributed by atoms with E-state index in [-0.39, 0.29) is 0 Å². The van der Waals surface area contributed by atoms with Gasteiger partial charge in [0.1, 0.15) is 0 Å². The lowest BCUT2D eigenvalue weighted by Crippen LogP contribution is -2.49. The van der Waals surface area contributed by atoms with Crippen LogP contribution in [0.2, 0.25) is 0 Å². The zero-order valence-electron chi connectivity index (χ0n) is 12.1. The largest absolute Gasteiger partial charge is 0.387 e. The lowest BCUT2D eigenvalue weighted by molar-refractivity contribution is -0.118. The third-order valence-corrected chi connectivity index (χ3v) is 4.11. The van der Waals surface area contributed by atoms with E-state index in [9.17, 15) is 10.2 Å². The molecular formula is C17H22O2. The third-order valence-electron chi connectivity index (χ3n) is 4.11. The van der Waals surface area contributed by atoms with Gasteiger partial charge in [0.2, 0.25) is 0 Å². The molecule has 0 radical (unpaired) electrons. The average Bonchev–Trinajstić information content (AvgIpc) is 2.31. The summed E-state index contributed by atoms with van der Waals surface area (Å²) in [7, 11) is 0. The van der Waals surface area contributed by atoms with Crippen LogP contribution in [0, 0.1) is 6.92 Å². The van der Waals surface area contributed by atoms with Gasteiger partial charge < -0.3 is 10.2 Å². The van der Waals surface area contributed by atoms with Crippen LogP contribution in [-0.2, 0) is 6.42 Å². The minimum atomic E-state index is -1.16. The number of fused-ring (bicyclic) bond motifs is 1. The van der Waals surface area contributed by atoms with Gasteiger partial charge in [-0.1, -0.05) is 36.4 Å². The van der Waals surface area contributed by atoms with E-state index in [2.05, 4.69) is 24.3 Å². The zero-order valence-corrected chi connectivity index (χ0v) is 12.1. The maximum Gasteiger partial charge on any atom is 0.0940 e. The van der Waals surface area contributed by atoms with Crippen molar-refractivity contribution in [1.82, 2.24) is 0 Å². The summed E-state index contributed by atoms with van der Waals surface area (Å²) in [4.78, 5) is 0. The molecule has 0 saturated carbocycles. The van der Waals surface area contributed by atoms with Crippen LogP contribution in [0.1, 0.15) is 31.9 Å². The molecule has 2 rings (SSSR count). The molecule has 0 amide bonds. The number of hydrogen-bond donors (Lipinski definition) is 2. The number of benzene rings is 2. The maximum atomic E-state index is 10.5. The van der Waals surface area contributed by atoms with E-state index in [4.69, 9.17) is 0 Å². The molecule has 0 heterocycles. The Labute approximate surface area is 114 Å². The van der Waals surface area contributed by atoms with E-state index in [0.29, 0.717) is 6.42 Å². The summed E-state index contributed by atoms with van der Waals surface area (Å²) in [5.74, 6) is 0. The number of aliphatic hydroxyl groups is 2. The normalized spacial score (nSPS) is 15.5. The highest BCUT2D eigenvalue weighted by Crippen LogP contribution is 2.30. The van der Waals surface area contributed by atoms with Gasteiger partial charge in [0, 0.05) is 6.42 Å². The van der Waals surface area contributed by atoms with Crippen molar-refractivity contribution in [3.05, 3.63) is 47.5 Å². The van der Waals surface area contributed by atoms with E-state index in [1.807, 2.05) is 19.1 Å². The summed E-state index contributed by atoms with van der Waals surface area (Å²) in [6.07, 6.45) is 0.434. The highest BCUT2D eigenvalue weighted by atomic mass is 16.3. The van der Waals surface area contributed by atoms with Gasteiger partial charge in [0.25, 0.3) is 0 Å². The van der Waals surface area contributed by atoms with Crippen molar-refractivity contribution in [2.24, 2.45) is 0 Å². The van der Waals surface area contributed by atoms with Crippen LogP contribution in [0.3, 0.4) is 0 Å². The molecule has 102 valence electrons. The van der Waals surface area contributed by atoms with Crippen LogP contribution in [0.4, 0.5) is 0 Å². The zero-order chi connectivity index (χ0) is 14.3. The van der Waals surface area contributed by atoms with Crippen molar-refractivity contribution in [3.8, 4) is 0 Å². The van der Waals surface area contributed by atoms with Gasteiger partial charge in [0.15, 0.2) is 0 Å². The Morgan fingerprint density at radius 2 is 1.58 bits per heavy atom. The van der Waals surface area contributed by atoms with Gasteiger partial charge in [0.05, 0.1) is 11.2 Å². The second-order valence-corrected chi connectivity index (χ2v) is 6.09. The van der Waals surface area contributed by atoms with Crippen LogP contribution >= 0.6 is 0 Å². The van der Waals surface area contributed by atoms with E-state index >= 15 is 0 Å². The molecule has 2 N–H and O–H groups in total. The molecule has 2 heteroatoms.